The molecule has 0 radical (unpaired) electrons. The van der Waals surface area contributed by atoms with Crippen molar-refractivity contribution in [2.24, 2.45) is 5.73 Å². The minimum Gasteiger partial charge on any atom is -0.330 e. The van der Waals surface area contributed by atoms with E-state index in [0.717, 1.165) is 18.5 Å². The summed E-state index contributed by atoms with van der Waals surface area (Å²) in [6.45, 7) is 2.74. The minimum absolute atomic E-state index is 0.212. The number of rotatable bonds is 5. The van der Waals surface area contributed by atoms with Crippen LogP contribution in [0.2, 0.25) is 0 Å². The molecule has 2 N–H and O–H groups in total. The highest BCUT2D eigenvalue weighted by atomic mass is 15.6. The first-order chi connectivity index (χ1) is 8.31. The maximum Gasteiger partial charge on any atom is 0.223 e. The normalized spacial score (nSPS) is 12.6. The Balaban J connectivity index is 2.11. The second-order valence-electron chi connectivity index (χ2n) is 3.93. The first-order valence-corrected chi connectivity index (χ1v) is 5.72. The number of tetrazole rings is 1. The van der Waals surface area contributed by atoms with Gasteiger partial charge in [-0.3, -0.25) is 4.98 Å². The average molecular weight is 232 g/mol. The molecular formula is C11H16N6. The molecule has 0 aliphatic carbocycles. The second kappa shape index (κ2) is 5.49. The van der Waals surface area contributed by atoms with Gasteiger partial charge in [0.15, 0.2) is 0 Å². The first kappa shape index (κ1) is 11.7. The highest BCUT2D eigenvalue weighted by Crippen LogP contribution is 2.13. The lowest BCUT2D eigenvalue weighted by atomic mass is 10.2. The molecule has 90 valence electrons. The fourth-order valence-corrected chi connectivity index (χ4v) is 1.54. The molecule has 0 aliphatic rings. The Morgan fingerprint density at radius 2 is 2.29 bits per heavy atom. The number of hydrogen-bond acceptors (Lipinski definition) is 5. The zero-order valence-corrected chi connectivity index (χ0v) is 9.82. The zero-order valence-electron chi connectivity index (χ0n) is 9.82. The van der Waals surface area contributed by atoms with Crippen LogP contribution in [0.3, 0.4) is 0 Å². The highest BCUT2D eigenvalue weighted by Gasteiger charge is 2.11. The Labute approximate surface area is 99.9 Å². The summed E-state index contributed by atoms with van der Waals surface area (Å²) in [5, 5.41) is 12.4. The Hall–Kier alpha value is -1.82. The van der Waals surface area contributed by atoms with E-state index in [1.807, 2.05) is 18.2 Å². The smallest absolute Gasteiger partial charge is 0.223 e. The van der Waals surface area contributed by atoms with Crippen LogP contribution in [0.25, 0.3) is 11.5 Å². The van der Waals surface area contributed by atoms with Gasteiger partial charge in [-0.1, -0.05) is 6.07 Å². The van der Waals surface area contributed by atoms with E-state index in [1.165, 1.54) is 0 Å². The van der Waals surface area contributed by atoms with Gasteiger partial charge in [0, 0.05) is 6.20 Å². The maximum atomic E-state index is 5.48. The third-order valence-electron chi connectivity index (χ3n) is 2.54. The molecule has 0 saturated heterocycles. The number of pyridine rings is 1. The predicted molar refractivity (Wildman–Crippen MR) is 64.0 cm³/mol. The van der Waals surface area contributed by atoms with Crippen LogP contribution in [0.1, 0.15) is 25.8 Å². The molecule has 6 heteroatoms. The number of nitrogens with zero attached hydrogens (tertiary/aromatic N) is 5. The molecule has 0 saturated carbocycles. The molecule has 2 heterocycles. The molecule has 2 aromatic rings. The second-order valence-corrected chi connectivity index (χ2v) is 3.93. The Bertz CT molecular complexity index is 452. The van der Waals surface area contributed by atoms with Crippen LogP contribution in [0.4, 0.5) is 0 Å². The summed E-state index contributed by atoms with van der Waals surface area (Å²) in [5.41, 5.74) is 6.22. The van der Waals surface area contributed by atoms with E-state index in [9.17, 15) is 0 Å². The Morgan fingerprint density at radius 1 is 1.41 bits per heavy atom. The average Bonchev–Trinajstić information content (AvgIpc) is 2.86. The summed E-state index contributed by atoms with van der Waals surface area (Å²) in [7, 11) is 0. The predicted octanol–water partition coefficient (Wildman–Crippen LogP) is 1.03. The largest absolute Gasteiger partial charge is 0.330 e. The van der Waals surface area contributed by atoms with Crippen LogP contribution in [-0.2, 0) is 0 Å². The van der Waals surface area contributed by atoms with Crippen molar-refractivity contribution in [1.29, 1.82) is 0 Å². The van der Waals surface area contributed by atoms with E-state index in [-0.39, 0.29) is 6.04 Å². The quantitative estimate of drug-likeness (QED) is 0.832. The third-order valence-corrected chi connectivity index (χ3v) is 2.54. The molecule has 0 bridgehead atoms. The SMILES string of the molecule is CC(CCCN)n1nnc(-c2ccccn2)n1. The van der Waals surface area contributed by atoms with E-state index < -0.39 is 0 Å². The Morgan fingerprint density at radius 3 is 3.00 bits per heavy atom. The van der Waals surface area contributed by atoms with Gasteiger partial charge in [-0.05, 0) is 43.7 Å². The van der Waals surface area contributed by atoms with Gasteiger partial charge in [0.05, 0.1) is 6.04 Å². The number of nitrogens with two attached hydrogens (primary N) is 1. The van der Waals surface area contributed by atoms with Crippen LogP contribution < -0.4 is 5.73 Å². The van der Waals surface area contributed by atoms with Crippen molar-refractivity contribution >= 4 is 0 Å². The summed E-state index contributed by atoms with van der Waals surface area (Å²) in [4.78, 5) is 5.81. The molecule has 6 nitrogen and oxygen atoms in total. The van der Waals surface area contributed by atoms with Crippen molar-refractivity contribution in [2.75, 3.05) is 6.54 Å². The lowest BCUT2D eigenvalue weighted by Crippen LogP contribution is -2.11. The highest BCUT2D eigenvalue weighted by molar-refractivity contribution is 5.46. The van der Waals surface area contributed by atoms with Crippen LogP contribution in [0.15, 0.2) is 24.4 Å². The van der Waals surface area contributed by atoms with Gasteiger partial charge in [0.1, 0.15) is 5.69 Å². The van der Waals surface area contributed by atoms with Crippen molar-refractivity contribution in [2.45, 2.75) is 25.8 Å². The van der Waals surface area contributed by atoms with Gasteiger partial charge in [-0.15, -0.1) is 10.2 Å². The van der Waals surface area contributed by atoms with E-state index in [0.29, 0.717) is 12.4 Å². The van der Waals surface area contributed by atoms with Crippen LogP contribution >= 0.6 is 0 Å². The number of hydrogen-bond donors (Lipinski definition) is 1. The van der Waals surface area contributed by atoms with Gasteiger partial charge in [0.2, 0.25) is 5.82 Å². The zero-order chi connectivity index (χ0) is 12.1. The van der Waals surface area contributed by atoms with Crippen molar-refractivity contribution < 1.29 is 0 Å². The van der Waals surface area contributed by atoms with Gasteiger partial charge in [-0.2, -0.15) is 4.80 Å². The topological polar surface area (TPSA) is 82.5 Å². The maximum absolute atomic E-state index is 5.48. The van der Waals surface area contributed by atoms with Crippen LogP contribution in [-0.4, -0.2) is 31.7 Å². The van der Waals surface area contributed by atoms with Crippen molar-refractivity contribution in [1.82, 2.24) is 25.2 Å². The van der Waals surface area contributed by atoms with Crippen LogP contribution in [0.5, 0.6) is 0 Å². The fraction of sp³-hybridized carbons (Fsp3) is 0.455. The molecule has 1 unspecified atom stereocenters. The first-order valence-electron chi connectivity index (χ1n) is 5.72. The third kappa shape index (κ3) is 2.85. The van der Waals surface area contributed by atoms with Gasteiger partial charge in [0.25, 0.3) is 0 Å². The summed E-state index contributed by atoms with van der Waals surface area (Å²) in [5.74, 6) is 0.560. The van der Waals surface area contributed by atoms with E-state index in [4.69, 9.17) is 5.73 Å². The van der Waals surface area contributed by atoms with Crippen molar-refractivity contribution in [3.63, 3.8) is 0 Å². The molecule has 2 rings (SSSR count). The van der Waals surface area contributed by atoms with E-state index >= 15 is 0 Å². The van der Waals surface area contributed by atoms with Crippen LogP contribution in [0, 0.1) is 0 Å². The van der Waals surface area contributed by atoms with Gasteiger partial charge < -0.3 is 5.73 Å². The summed E-state index contributed by atoms with van der Waals surface area (Å²) in [6, 6.07) is 5.84. The minimum atomic E-state index is 0.212. The summed E-state index contributed by atoms with van der Waals surface area (Å²) < 4.78 is 0. The number of aromatic nitrogens is 5. The van der Waals surface area contributed by atoms with E-state index in [1.54, 1.807) is 11.0 Å². The van der Waals surface area contributed by atoms with Gasteiger partial charge >= 0.3 is 0 Å². The fourth-order valence-electron chi connectivity index (χ4n) is 1.54. The standard InChI is InChI=1S/C11H16N6/c1-9(5-4-7-12)17-15-11(14-16-17)10-6-2-3-8-13-10/h2-3,6,8-9H,4-5,7,12H2,1H3. The molecule has 0 amide bonds. The molecule has 1 atom stereocenters. The van der Waals surface area contributed by atoms with Crippen molar-refractivity contribution in [3.8, 4) is 11.5 Å². The monoisotopic (exact) mass is 232 g/mol. The lowest BCUT2D eigenvalue weighted by Gasteiger charge is -2.07. The van der Waals surface area contributed by atoms with Gasteiger partial charge in [-0.25, -0.2) is 0 Å². The molecule has 0 fully saturated rings. The summed E-state index contributed by atoms with van der Waals surface area (Å²) >= 11 is 0. The summed E-state index contributed by atoms with van der Waals surface area (Å²) in [6.07, 6.45) is 3.63. The molecule has 0 aliphatic heterocycles. The molecular weight excluding hydrogens is 216 g/mol. The Kier molecular flexibility index (Phi) is 3.77. The molecule has 17 heavy (non-hydrogen) atoms. The molecule has 2 aromatic heterocycles. The lowest BCUT2D eigenvalue weighted by molar-refractivity contribution is 0.394. The van der Waals surface area contributed by atoms with E-state index in [2.05, 4.69) is 27.3 Å². The van der Waals surface area contributed by atoms with Crippen molar-refractivity contribution in [3.05, 3.63) is 24.4 Å². The molecule has 0 aromatic carbocycles. The molecule has 0 spiro atoms.